The van der Waals surface area contributed by atoms with E-state index in [1.165, 1.54) is 16.3 Å². The largest absolute Gasteiger partial charge is 0.386 e. The molecule has 1 aromatic carbocycles. The Morgan fingerprint density at radius 3 is 2.64 bits per heavy atom. The highest BCUT2D eigenvalue weighted by Crippen LogP contribution is 2.39. The number of carbonyl (C=O) groups excluding carboxylic acids is 3. The van der Waals surface area contributed by atoms with E-state index in [0.717, 1.165) is 22.6 Å². The van der Waals surface area contributed by atoms with Crippen LogP contribution in [0.1, 0.15) is 24.8 Å². The van der Waals surface area contributed by atoms with E-state index in [-0.39, 0.29) is 11.3 Å². The van der Waals surface area contributed by atoms with E-state index >= 15 is 0 Å². The first-order chi connectivity index (χ1) is 15.9. The van der Waals surface area contributed by atoms with Gasteiger partial charge in [0.05, 0.1) is 23.5 Å². The van der Waals surface area contributed by atoms with Crippen LogP contribution in [0.5, 0.6) is 0 Å². The van der Waals surface area contributed by atoms with Crippen molar-refractivity contribution in [2.45, 2.75) is 19.9 Å². The van der Waals surface area contributed by atoms with E-state index in [9.17, 15) is 14.4 Å². The number of fused-ring (bicyclic) bond motifs is 1. The molecule has 1 unspecified atom stereocenters. The third kappa shape index (κ3) is 4.30. The number of aromatic nitrogens is 1. The summed E-state index contributed by atoms with van der Waals surface area (Å²) in [6, 6.07) is 10.6. The van der Waals surface area contributed by atoms with Crippen molar-refractivity contribution in [3.8, 4) is 0 Å². The summed E-state index contributed by atoms with van der Waals surface area (Å²) >= 11 is 1.43. The van der Waals surface area contributed by atoms with Gasteiger partial charge >= 0.3 is 11.9 Å². The summed E-state index contributed by atoms with van der Waals surface area (Å²) < 4.78 is 0. The minimum Gasteiger partial charge on any atom is -0.349 e. The Labute approximate surface area is 194 Å². The Balaban J connectivity index is 1.90. The zero-order chi connectivity index (χ0) is 23.5. The average Bonchev–Trinajstić information content (AvgIpc) is 3.34. The SMILES string of the molecule is CCN1C(=O)C(Nc2cncc3ccccc23)=C(C(=O)OOC(C)=O)C(c2cccs2)N1C. The second-order valence-corrected chi connectivity index (χ2v) is 8.26. The Bertz CT molecular complexity index is 1240. The van der Waals surface area contributed by atoms with Crippen molar-refractivity contribution in [2.24, 2.45) is 0 Å². The monoisotopic (exact) mass is 466 g/mol. The lowest BCUT2D eigenvalue weighted by Crippen LogP contribution is -2.53. The normalized spacial score (nSPS) is 16.8. The average molecular weight is 467 g/mol. The molecule has 1 aliphatic heterocycles. The lowest BCUT2D eigenvalue weighted by atomic mass is 9.99. The Morgan fingerprint density at radius 1 is 1.15 bits per heavy atom. The molecular weight excluding hydrogens is 444 g/mol. The minimum atomic E-state index is -0.935. The number of nitrogens with one attached hydrogen (secondary N) is 1. The number of amides is 1. The lowest BCUT2D eigenvalue weighted by Gasteiger charge is -2.42. The van der Waals surface area contributed by atoms with Crippen LogP contribution in [0.3, 0.4) is 0 Å². The van der Waals surface area contributed by atoms with Gasteiger partial charge in [0.2, 0.25) is 0 Å². The topological polar surface area (TPSA) is 101 Å². The van der Waals surface area contributed by atoms with Gasteiger partial charge in [-0.25, -0.2) is 24.4 Å². The fourth-order valence-electron chi connectivity index (χ4n) is 3.82. The third-order valence-corrected chi connectivity index (χ3v) is 6.16. The molecule has 0 fully saturated rings. The van der Waals surface area contributed by atoms with Crippen LogP contribution in [-0.2, 0) is 24.2 Å². The summed E-state index contributed by atoms with van der Waals surface area (Å²) in [5, 5.41) is 9.93. The van der Waals surface area contributed by atoms with Crippen LogP contribution in [0.4, 0.5) is 5.69 Å². The molecule has 1 amide bonds. The highest BCUT2D eigenvalue weighted by atomic mass is 32.1. The Morgan fingerprint density at radius 2 is 1.94 bits per heavy atom. The zero-order valence-corrected chi connectivity index (χ0v) is 19.1. The zero-order valence-electron chi connectivity index (χ0n) is 18.3. The highest BCUT2D eigenvalue weighted by molar-refractivity contribution is 7.10. The number of nitrogens with zero attached hydrogens (tertiary/aromatic N) is 3. The summed E-state index contributed by atoms with van der Waals surface area (Å²) in [5.74, 6) is -2.14. The molecule has 3 heterocycles. The van der Waals surface area contributed by atoms with E-state index in [2.05, 4.69) is 15.2 Å². The molecule has 2 aromatic heterocycles. The summed E-state index contributed by atoms with van der Waals surface area (Å²) in [5.41, 5.74) is 0.618. The smallest absolute Gasteiger partial charge is 0.349 e. The quantitative estimate of drug-likeness (QED) is 0.451. The van der Waals surface area contributed by atoms with Crippen LogP contribution in [0.15, 0.2) is 65.4 Å². The molecule has 0 saturated heterocycles. The number of likely N-dealkylation sites (N-methyl/N-ethyl adjacent to an activating group) is 2. The van der Waals surface area contributed by atoms with Crippen LogP contribution in [0.2, 0.25) is 0 Å². The maximum absolute atomic E-state index is 13.5. The molecule has 1 aliphatic rings. The number of carbonyl (C=O) groups is 3. The molecule has 10 heteroatoms. The lowest BCUT2D eigenvalue weighted by molar-refractivity contribution is -0.254. The predicted octanol–water partition coefficient (Wildman–Crippen LogP) is 3.43. The molecule has 170 valence electrons. The minimum absolute atomic E-state index is 0.0312. The molecule has 0 saturated carbocycles. The molecule has 0 bridgehead atoms. The first-order valence-electron chi connectivity index (χ1n) is 10.2. The van der Waals surface area contributed by atoms with Gasteiger partial charge in [-0.3, -0.25) is 14.8 Å². The van der Waals surface area contributed by atoms with E-state index in [4.69, 9.17) is 4.89 Å². The number of rotatable bonds is 5. The van der Waals surface area contributed by atoms with Crippen LogP contribution in [0.25, 0.3) is 10.8 Å². The number of hydrazine groups is 1. The molecule has 1 N–H and O–H groups in total. The van der Waals surface area contributed by atoms with Crippen molar-refractivity contribution < 1.29 is 24.2 Å². The van der Waals surface area contributed by atoms with Crippen LogP contribution < -0.4 is 5.32 Å². The standard InChI is InChI=1S/C23H22N4O5S/c1-4-27-22(29)20(25-17-13-24-12-15-8-5-6-9-16(15)17)19(23(30)32-31-14(2)28)21(26(27)3)18-10-7-11-33-18/h5-13,21,25H,4H2,1-3H3. The van der Waals surface area contributed by atoms with Gasteiger partial charge in [0.15, 0.2) is 0 Å². The van der Waals surface area contributed by atoms with Gasteiger partial charge in [-0.05, 0) is 18.4 Å². The van der Waals surface area contributed by atoms with E-state index in [1.807, 2.05) is 48.7 Å². The number of hydrogen-bond acceptors (Lipinski definition) is 9. The first kappa shape index (κ1) is 22.4. The van der Waals surface area contributed by atoms with Crippen molar-refractivity contribution in [3.63, 3.8) is 0 Å². The maximum Gasteiger partial charge on any atom is 0.386 e. The summed E-state index contributed by atoms with van der Waals surface area (Å²) in [6.07, 6.45) is 3.31. The van der Waals surface area contributed by atoms with Gasteiger partial charge in [0, 0.05) is 42.4 Å². The van der Waals surface area contributed by atoms with Gasteiger partial charge in [-0.2, -0.15) is 0 Å². The summed E-state index contributed by atoms with van der Waals surface area (Å²) in [6.45, 7) is 3.35. The molecule has 9 nitrogen and oxygen atoms in total. The number of thiophene rings is 1. The van der Waals surface area contributed by atoms with Gasteiger partial charge in [0.1, 0.15) is 5.70 Å². The molecule has 33 heavy (non-hydrogen) atoms. The number of anilines is 1. The van der Waals surface area contributed by atoms with E-state index in [0.29, 0.717) is 12.2 Å². The third-order valence-electron chi connectivity index (χ3n) is 5.24. The van der Waals surface area contributed by atoms with E-state index < -0.39 is 23.9 Å². The number of pyridine rings is 1. The highest BCUT2D eigenvalue weighted by Gasteiger charge is 2.43. The van der Waals surface area contributed by atoms with Crippen molar-refractivity contribution in [1.29, 1.82) is 0 Å². The molecule has 0 aliphatic carbocycles. The summed E-state index contributed by atoms with van der Waals surface area (Å²) in [7, 11) is 1.72. The van der Waals surface area contributed by atoms with Gasteiger partial charge < -0.3 is 5.32 Å². The first-order valence-corrected chi connectivity index (χ1v) is 11.1. The predicted molar refractivity (Wildman–Crippen MR) is 122 cm³/mol. The molecule has 0 spiro atoms. The molecular formula is C23H22N4O5S. The number of benzene rings is 1. The Hall–Kier alpha value is -3.76. The van der Waals surface area contributed by atoms with Crippen LogP contribution in [0, 0.1) is 0 Å². The molecule has 4 rings (SSSR count). The van der Waals surface area contributed by atoms with Crippen LogP contribution in [-0.4, -0.2) is 46.4 Å². The van der Waals surface area contributed by atoms with Gasteiger partial charge in [-0.15, -0.1) is 11.3 Å². The molecule has 3 aromatic rings. The van der Waals surface area contributed by atoms with Crippen molar-refractivity contribution >= 4 is 45.6 Å². The fraction of sp³-hybridized carbons (Fsp3) is 0.217. The summed E-state index contributed by atoms with van der Waals surface area (Å²) in [4.78, 5) is 52.3. The maximum atomic E-state index is 13.5. The second kappa shape index (κ2) is 9.39. The second-order valence-electron chi connectivity index (χ2n) is 7.28. The molecule has 1 atom stereocenters. The van der Waals surface area contributed by atoms with Crippen LogP contribution >= 0.6 is 11.3 Å². The van der Waals surface area contributed by atoms with Crippen molar-refractivity contribution in [2.75, 3.05) is 18.9 Å². The molecule has 0 radical (unpaired) electrons. The fourth-order valence-corrected chi connectivity index (χ4v) is 4.69. The van der Waals surface area contributed by atoms with Gasteiger partial charge in [-0.1, -0.05) is 30.3 Å². The van der Waals surface area contributed by atoms with Crippen molar-refractivity contribution in [3.05, 3.63) is 70.3 Å². The van der Waals surface area contributed by atoms with E-state index in [1.54, 1.807) is 24.5 Å². The Kier molecular flexibility index (Phi) is 6.38. The van der Waals surface area contributed by atoms with Gasteiger partial charge in [0.25, 0.3) is 5.91 Å². The number of hydrogen-bond donors (Lipinski definition) is 1. The van der Waals surface area contributed by atoms with Crippen molar-refractivity contribution in [1.82, 2.24) is 15.0 Å².